The second-order valence-electron chi connectivity index (χ2n) is 4.82. The zero-order valence-electron chi connectivity index (χ0n) is 12.8. The molecule has 0 radical (unpaired) electrons. The minimum Gasteiger partial charge on any atom is -0.480 e. The monoisotopic (exact) mass is 295 g/mol. The van der Waals surface area contributed by atoms with Crippen LogP contribution in [0.5, 0.6) is 0 Å². The van der Waals surface area contributed by atoms with Gasteiger partial charge in [-0.1, -0.05) is 37.3 Å². The highest BCUT2D eigenvalue weighted by Crippen LogP contribution is 2.25. The third-order valence-corrected chi connectivity index (χ3v) is 3.37. The molecule has 0 aliphatic rings. The maximum Gasteiger partial charge on any atom is 0.328 e. The molecule has 0 aliphatic heterocycles. The molecular formula is C16H25NO4. The Morgan fingerprint density at radius 3 is 2.52 bits per heavy atom. The topological polar surface area (TPSA) is 67.8 Å². The Morgan fingerprint density at radius 2 is 1.95 bits per heavy atom. The number of carbonyl (C=O) groups is 1. The Morgan fingerprint density at radius 1 is 1.24 bits per heavy atom. The van der Waals surface area contributed by atoms with Crippen molar-refractivity contribution in [2.24, 2.45) is 0 Å². The van der Waals surface area contributed by atoms with E-state index in [0.29, 0.717) is 32.8 Å². The Balaban J connectivity index is 2.71. The molecule has 0 saturated heterocycles. The molecule has 0 amide bonds. The van der Waals surface area contributed by atoms with Gasteiger partial charge in [0.1, 0.15) is 5.54 Å². The normalized spacial score (nSPS) is 13.8. The highest BCUT2D eigenvalue weighted by molar-refractivity contribution is 5.80. The number of hydrogen-bond acceptors (Lipinski definition) is 4. The Bertz CT molecular complexity index is 410. The average Bonchev–Trinajstić information content (AvgIpc) is 2.50. The van der Waals surface area contributed by atoms with Gasteiger partial charge in [0.25, 0.3) is 0 Å². The fraction of sp³-hybridized carbons (Fsp3) is 0.562. The smallest absolute Gasteiger partial charge is 0.328 e. The van der Waals surface area contributed by atoms with E-state index in [-0.39, 0.29) is 0 Å². The Hall–Kier alpha value is -1.43. The summed E-state index contributed by atoms with van der Waals surface area (Å²) in [6, 6.07) is 9.25. The van der Waals surface area contributed by atoms with Crippen LogP contribution in [0, 0.1) is 0 Å². The number of ether oxygens (including phenoxy) is 2. The highest BCUT2D eigenvalue weighted by atomic mass is 16.5. The summed E-state index contributed by atoms with van der Waals surface area (Å²) in [7, 11) is 1.65. The molecule has 0 bridgehead atoms. The summed E-state index contributed by atoms with van der Waals surface area (Å²) in [6.45, 7) is 4.09. The lowest BCUT2D eigenvalue weighted by Gasteiger charge is -2.31. The first kappa shape index (κ1) is 17.6. The quantitative estimate of drug-likeness (QED) is 0.611. The van der Waals surface area contributed by atoms with Crippen LogP contribution in [0.3, 0.4) is 0 Å². The molecular weight excluding hydrogens is 270 g/mol. The molecule has 0 saturated carbocycles. The van der Waals surface area contributed by atoms with Gasteiger partial charge in [0, 0.05) is 33.4 Å². The van der Waals surface area contributed by atoms with E-state index in [1.165, 1.54) is 0 Å². The van der Waals surface area contributed by atoms with Gasteiger partial charge in [0.15, 0.2) is 0 Å². The minimum atomic E-state index is -1.10. The summed E-state index contributed by atoms with van der Waals surface area (Å²) in [4.78, 5) is 11.8. The molecule has 1 aromatic rings. The van der Waals surface area contributed by atoms with Crippen molar-refractivity contribution in [1.29, 1.82) is 0 Å². The maximum atomic E-state index is 11.8. The average molecular weight is 295 g/mol. The second-order valence-corrected chi connectivity index (χ2v) is 4.82. The third-order valence-electron chi connectivity index (χ3n) is 3.37. The molecule has 21 heavy (non-hydrogen) atoms. The van der Waals surface area contributed by atoms with Gasteiger partial charge < -0.3 is 14.6 Å². The number of carboxylic acids is 1. The number of benzene rings is 1. The van der Waals surface area contributed by atoms with E-state index in [4.69, 9.17) is 9.47 Å². The van der Waals surface area contributed by atoms with Crippen molar-refractivity contribution >= 4 is 5.97 Å². The van der Waals surface area contributed by atoms with Crippen molar-refractivity contribution in [3.63, 3.8) is 0 Å². The summed E-state index contributed by atoms with van der Waals surface area (Å²) in [6.07, 6.45) is 1.19. The number of nitrogens with one attached hydrogen (secondary N) is 1. The number of hydrogen-bond donors (Lipinski definition) is 2. The van der Waals surface area contributed by atoms with Crippen LogP contribution in [0.2, 0.25) is 0 Å². The maximum absolute atomic E-state index is 11.8. The zero-order valence-corrected chi connectivity index (χ0v) is 12.8. The predicted molar refractivity (Wildman–Crippen MR) is 81.4 cm³/mol. The zero-order chi connectivity index (χ0) is 15.6. The molecule has 0 heterocycles. The van der Waals surface area contributed by atoms with Gasteiger partial charge in [-0.2, -0.15) is 0 Å². The van der Waals surface area contributed by atoms with Gasteiger partial charge in [-0.3, -0.25) is 5.32 Å². The van der Waals surface area contributed by atoms with E-state index in [2.05, 4.69) is 5.32 Å². The van der Waals surface area contributed by atoms with Crippen molar-refractivity contribution in [1.82, 2.24) is 5.32 Å². The Kier molecular flexibility index (Phi) is 7.97. The van der Waals surface area contributed by atoms with Crippen LogP contribution in [0.1, 0.15) is 25.3 Å². The largest absolute Gasteiger partial charge is 0.480 e. The van der Waals surface area contributed by atoms with Crippen molar-refractivity contribution in [3.8, 4) is 0 Å². The SMILES string of the molecule is CCNC(CCOCCCOC)(C(=O)O)c1ccccc1. The summed E-state index contributed by atoms with van der Waals surface area (Å²) < 4.78 is 10.5. The number of aliphatic carboxylic acids is 1. The van der Waals surface area contributed by atoms with Crippen LogP contribution in [-0.2, 0) is 19.8 Å². The fourth-order valence-corrected chi connectivity index (χ4v) is 2.30. The van der Waals surface area contributed by atoms with Crippen LogP contribution < -0.4 is 5.32 Å². The molecule has 1 atom stereocenters. The molecule has 1 unspecified atom stereocenters. The molecule has 1 aromatic carbocycles. The first-order valence-corrected chi connectivity index (χ1v) is 7.28. The predicted octanol–water partition coefficient (Wildman–Crippen LogP) is 2.02. The van der Waals surface area contributed by atoms with Gasteiger partial charge in [-0.25, -0.2) is 4.79 Å². The standard InChI is InChI=1S/C16H25NO4/c1-3-17-16(15(18)19,14-8-5-4-6-9-14)10-13-21-12-7-11-20-2/h4-6,8-9,17H,3,7,10-13H2,1-2H3,(H,18,19). The van der Waals surface area contributed by atoms with Crippen molar-refractivity contribution in [2.75, 3.05) is 33.5 Å². The first-order valence-electron chi connectivity index (χ1n) is 7.28. The molecule has 1 rings (SSSR count). The second kappa shape index (κ2) is 9.50. The number of carboxylic acid groups (broad SMARTS) is 1. The highest BCUT2D eigenvalue weighted by Gasteiger charge is 2.39. The van der Waals surface area contributed by atoms with E-state index >= 15 is 0 Å². The minimum absolute atomic E-state index is 0.382. The molecule has 2 N–H and O–H groups in total. The summed E-state index contributed by atoms with van der Waals surface area (Å²) in [5.74, 6) is -0.879. The van der Waals surface area contributed by atoms with Gasteiger partial charge >= 0.3 is 5.97 Å². The molecule has 118 valence electrons. The lowest BCUT2D eigenvalue weighted by atomic mass is 9.86. The number of likely N-dealkylation sites (N-methyl/N-ethyl adjacent to an activating group) is 1. The van der Waals surface area contributed by atoms with Crippen LogP contribution in [0.25, 0.3) is 0 Å². The van der Waals surface area contributed by atoms with Gasteiger partial charge in [-0.15, -0.1) is 0 Å². The van der Waals surface area contributed by atoms with E-state index in [9.17, 15) is 9.90 Å². The Labute approximate surface area is 126 Å². The lowest BCUT2D eigenvalue weighted by Crippen LogP contribution is -2.50. The first-order chi connectivity index (χ1) is 10.2. The molecule has 0 aliphatic carbocycles. The van der Waals surface area contributed by atoms with E-state index in [1.54, 1.807) is 7.11 Å². The summed E-state index contributed by atoms with van der Waals surface area (Å²) >= 11 is 0. The van der Waals surface area contributed by atoms with Crippen molar-refractivity contribution < 1.29 is 19.4 Å². The van der Waals surface area contributed by atoms with Crippen LogP contribution in [-0.4, -0.2) is 44.6 Å². The van der Waals surface area contributed by atoms with Crippen LogP contribution in [0.15, 0.2) is 30.3 Å². The fourth-order valence-electron chi connectivity index (χ4n) is 2.30. The molecule has 0 fully saturated rings. The van der Waals surface area contributed by atoms with Gasteiger partial charge in [0.2, 0.25) is 0 Å². The van der Waals surface area contributed by atoms with E-state index in [1.807, 2.05) is 37.3 Å². The van der Waals surface area contributed by atoms with E-state index < -0.39 is 11.5 Å². The van der Waals surface area contributed by atoms with Gasteiger partial charge in [-0.05, 0) is 18.5 Å². The third kappa shape index (κ3) is 5.12. The molecule has 5 nitrogen and oxygen atoms in total. The number of methoxy groups -OCH3 is 1. The van der Waals surface area contributed by atoms with Gasteiger partial charge in [0.05, 0.1) is 0 Å². The van der Waals surface area contributed by atoms with Crippen molar-refractivity contribution in [3.05, 3.63) is 35.9 Å². The van der Waals surface area contributed by atoms with Crippen LogP contribution in [0.4, 0.5) is 0 Å². The molecule has 0 aromatic heterocycles. The summed E-state index contributed by atoms with van der Waals surface area (Å²) in [5.41, 5.74) is -0.350. The van der Waals surface area contributed by atoms with Crippen LogP contribution >= 0.6 is 0 Å². The number of rotatable bonds is 11. The summed E-state index contributed by atoms with van der Waals surface area (Å²) in [5, 5.41) is 12.8. The van der Waals surface area contributed by atoms with E-state index in [0.717, 1.165) is 12.0 Å². The molecule has 5 heteroatoms. The lowest BCUT2D eigenvalue weighted by molar-refractivity contribution is -0.146. The van der Waals surface area contributed by atoms with Crippen molar-refractivity contribution in [2.45, 2.75) is 25.3 Å². The molecule has 0 spiro atoms.